The molecule has 0 aliphatic carbocycles. The van der Waals surface area contributed by atoms with Gasteiger partial charge >= 0.3 is 0 Å². The molecule has 8 heteroatoms. The van der Waals surface area contributed by atoms with Gasteiger partial charge in [-0.25, -0.2) is 9.38 Å². The fourth-order valence-corrected chi connectivity index (χ4v) is 2.21. The normalized spacial score (nSPS) is 12.3. The Hall–Kier alpha value is -3.03. The summed E-state index contributed by atoms with van der Waals surface area (Å²) in [6, 6.07) is 9.54. The van der Waals surface area contributed by atoms with Gasteiger partial charge in [-0.3, -0.25) is 4.79 Å². The lowest BCUT2D eigenvalue weighted by Gasteiger charge is -2.15. The van der Waals surface area contributed by atoms with Gasteiger partial charge in [-0.15, -0.1) is 0 Å². The van der Waals surface area contributed by atoms with Gasteiger partial charge in [0.05, 0.1) is 12.8 Å². The Labute approximate surface area is 158 Å². The van der Waals surface area contributed by atoms with E-state index in [4.69, 9.17) is 9.15 Å². The van der Waals surface area contributed by atoms with Crippen LogP contribution in [0.25, 0.3) is 0 Å². The Kier molecular flexibility index (Phi) is 8.15. The quantitative estimate of drug-likeness (QED) is 0.355. The van der Waals surface area contributed by atoms with Crippen LogP contribution >= 0.6 is 0 Å². The highest BCUT2D eigenvalue weighted by Gasteiger charge is 2.09. The van der Waals surface area contributed by atoms with Crippen molar-refractivity contribution in [2.24, 2.45) is 4.99 Å². The van der Waals surface area contributed by atoms with Crippen molar-refractivity contribution in [3.05, 3.63) is 54.2 Å². The second kappa shape index (κ2) is 10.8. The molecule has 0 aliphatic heterocycles. The number of hydrogen-bond donors (Lipinski definition) is 3. The third kappa shape index (κ3) is 7.01. The summed E-state index contributed by atoms with van der Waals surface area (Å²) in [6.45, 7) is 5.71. The molecule has 0 radical (unpaired) electrons. The second-order valence-corrected chi connectivity index (χ2v) is 5.74. The lowest BCUT2D eigenvalue weighted by Crippen LogP contribution is -2.42. The van der Waals surface area contributed by atoms with Crippen molar-refractivity contribution >= 4 is 11.9 Å². The number of hydrogen-bond acceptors (Lipinski definition) is 4. The highest BCUT2D eigenvalue weighted by atomic mass is 19.1. The van der Waals surface area contributed by atoms with Gasteiger partial charge in [0, 0.05) is 19.6 Å². The van der Waals surface area contributed by atoms with Crippen molar-refractivity contribution in [2.45, 2.75) is 20.0 Å². The molecule has 2 aromatic rings. The summed E-state index contributed by atoms with van der Waals surface area (Å²) in [5.74, 6) is 0.406. The molecular formula is C19H25FN4O3. The zero-order valence-electron chi connectivity index (χ0n) is 15.5. The van der Waals surface area contributed by atoms with Crippen LogP contribution in [0.1, 0.15) is 24.4 Å². The highest BCUT2D eigenvalue weighted by molar-refractivity contribution is 5.91. The summed E-state index contributed by atoms with van der Waals surface area (Å²) in [7, 11) is 0. The number of carbonyl (C=O) groups is 1. The van der Waals surface area contributed by atoms with Crippen LogP contribution in [-0.4, -0.2) is 44.1 Å². The van der Waals surface area contributed by atoms with E-state index in [0.29, 0.717) is 32.1 Å². The van der Waals surface area contributed by atoms with Crippen molar-refractivity contribution in [1.29, 1.82) is 0 Å². The molecule has 1 unspecified atom stereocenters. The van der Waals surface area contributed by atoms with E-state index < -0.39 is 5.82 Å². The number of guanidine groups is 1. The Morgan fingerprint density at radius 3 is 2.67 bits per heavy atom. The summed E-state index contributed by atoms with van der Waals surface area (Å²) in [5, 5.41) is 8.96. The number of halogens is 1. The van der Waals surface area contributed by atoms with E-state index in [1.807, 2.05) is 13.8 Å². The predicted octanol–water partition coefficient (Wildman–Crippen LogP) is 2.17. The average molecular weight is 376 g/mol. The van der Waals surface area contributed by atoms with Crippen LogP contribution in [0.15, 0.2) is 52.1 Å². The zero-order chi connectivity index (χ0) is 19.5. The number of rotatable bonds is 9. The fraction of sp³-hybridized carbons (Fsp3) is 0.368. The summed E-state index contributed by atoms with van der Waals surface area (Å²) in [4.78, 5) is 16.2. The van der Waals surface area contributed by atoms with Gasteiger partial charge in [0.2, 0.25) is 0 Å². The molecule has 1 atom stereocenters. The van der Waals surface area contributed by atoms with Crippen LogP contribution in [0.5, 0.6) is 5.75 Å². The number of benzene rings is 1. The van der Waals surface area contributed by atoms with Crippen LogP contribution < -0.4 is 20.7 Å². The monoisotopic (exact) mass is 376 g/mol. The number of nitrogens with zero attached hydrogens (tertiary/aromatic N) is 1. The lowest BCUT2D eigenvalue weighted by molar-refractivity contribution is 0.0926. The smallest absolute Gasteiger partial charge is 0.287 e. The average Bonchev–Trinajstić information content (AvgIpc) is 3.19. The molecule has 0 saturated heterocycles. The van der Waals surface area contributed by atoms with Crippen molar-refractivity contribution < 1.29 is 18.3 Å². The van der Waals surface area contributed by atoms with E-state index in [0.717, 1.165) is 0 Å². The van der Waals surface area contributed by atoms with E-state index in [1.165, 1.54) is 12.3 Å². The minimum Gasteiger partial charge on any atom is -0.486 e. The maximum atomic E-state index is 13.6. The van der Waals surface area contributed by atoms with Crippen LogP contribution in [0.4, 0.5) is 4.39 Å². The van der Waals surface area contributed by atoms with E-state index >= 15 is 0 Å². The van der Waals surface area contributed by atoms with Crippen LogP contribution in [-0.2, 0) is 0 Å². The summed E-state index contributed by atoms with van der Waals surface area (Å²) in [5.41, 5.74) is 0. The fourth-order valence-electron chi connectivity index (χ4n) is 2.21. The lowest BCUT2D eigenvalue weighted by atomic mass is 10.3. The zero-order valence-corrected chi connectivity index (χ0v) is 15.5. The Morgan fingerprint density at radius 1 is 1.19 bits per heavy atom. The van der Waals surface area contributed by atoms with Gasteiger partial charge in [-0.1, -0.05) is 12.1 Å². The van der Waals surface area contributed by atoms with E-state index in [-0.39, 0.29) is 23.5 Å². The van der Waals surface area contributed by atoms with Crippen molar-refractivity contribution in [2.75, 3.05) is 26.2 Å². The summed E-state index contributed by atoms with van der Waals surface area (Å²) in [6.07, 6.45) is 1.16. The molecule has 1 heterocycles. The topological polar surface area (TPSA) is 87.9 Å². The third-order valence-corrected chi connectivity index (χ3v) is 3.46. The number of ether oxygens (including phenoxy) is 1. The van der Waals surface area contributed by atoms with Crippen LogP contribution in [0, 0.1) is 5.82 Å². The number of furan rings is 1. The Balaban J connectivity index is 1.76. The summed E-state index contributed by atoms with van der Waals surface area (Å²) >= 11 is 0. The molecule has 2 rings (SSSR count). The van der Waals surface area contributed by atoms with Crippen LogP contribution in [0.3, 0.4) is 0 Å². The number of carbonyl (C=O) groups excluding carboxylic acids is 1. The molecule has 0 spiro atoms. The number of aliphatic imine (C=N–C) groups is 1. The first-order chi connectivity index (χ1) is 13.1. The summed E-state index contributed by atoms with van der Waals surface area (Å²) < 4.78 is 24.2. The largest absolute Gasteiger partial charge is 0.486 e. The minimum atomic E-state index is -0.398. The standard InChI is InChI=1S/C19H25FN4O3/c1-3-21-19(23-11-10-22-18(25)17-9-6-12-26-17)24-13-14(2)27-16-8-5-4-7-15(16)20/h4-9,12,14H,3,10-11,13H2,1-2H3,(H,22,25)(H2,21,23,24). The molecule has 146 valence electrons. The molecule has 0 fully saturated rings. The Morgan fingerprint density at radius 2 is 1.96 bits per heavy atom. The SMILES string of the molecule is CCNC(=NCC(C)Oc1ccccc1F)NCCNC(=O)c1ccco1. The first-order valence-corrected chi connectivity index (χ1v) is 8.85. The molecule has 0 bridgehead atoms. The van der Waals surface area contributed by atoms with Gasteiger partial charge in [0.1, 0.15) is 6.10 Å². The first kappa shape index (κ1) is 20.3. The molecule has 0 aliphatic rings. The molecule has 1 amide bonds. The van der Waals surface area contributed by atoms with Crippen molar-refractivity contribution in [1.82, 2.24) is 16.0 Å². The number of nitrogens with one attached hydrogen (secondary N) is 3. The molecule has 3 N–H and O–H groups in total. The van der Waals surface area contributed by atoms with E-state index in [9.17, 15) is 9.18 Å². The van der Waals surface area contributed by atoms with Gasteiger partial charge in [-0.05, 0) is 38.1 Å². The van der Waals surface area contributed by atoms with E-state index in [1.54, 1.807) is 30.3 Å². The minimum absolute atomic E-state index is 0.207. The van der Waals surface area contributed by atoms with Gasteiger partial charge in [0.15, 0.2) is 23.3 Å². The van der Waals surface area contributed by atoms with Crippen molar-refractivity contribution in [3.8, 4) is 5.75 Å². The predicted molar refractivity (Wildman–Crippen MR) is 102 cm³/mol. The van der Waals surface area contributed by atoms with Gasteiger partial charge in [-0.2, -0.15) is 0 Å². The highest BCUT2D eigenvalue weighted by Crippen LogP contribution is 2.16. The molecule has 27 heavy (non-hydrogen) atoms. The number of para-hydroxylation sites is 1. The Bertz CT molecular complexity index is 734. The molecule has 7 nitrogen and oxygen atoms in total. The molecule has 1 aromatic carbocycles. The maximum absolute atomic E-state index is 13.6. The molecular weight excluding hydrogens is 351 g/mol. The molecule has 1 aromatic heterocycles. The van der Waals surface area contributed by atoms with Crippen molar-refractivity contribution in [3.63, 3.8) is 0 Å². The maximum Gasteiger partial charge on any atom is 0.287 e. The third-order valence-electron chi connectivity index (χ3n) is 3.46. The van der Waals surface area contributed by atoms with Crippen LogP contribution in [0.2, 0.25) is 0 Å². The molecule has 0 saturated carbocycles. The number of amides is 1. The second-order valence-electron chi connectivity index (χ2n) is 5.74. The first-order valence-electron chi connectivity index (χ1n) is 8.85. The van der Waals surface area contributed by atoms with Gasteiger partial charge < -0.3 is 25.1 Å². The van der Waals surface area contributed by atoms with E-state index in [2.05, 4.69) is 20.9 Å². The van der Waals surface area contributed by atoms with Gasteiger partial charge in [0.25, 0.3) is 5.91 Å².